The van der Waals surface area contributed by atoms with Crippen molar-refractivity contribution >= 4 is 10.9 Å². The Kier molecular flexibility index (Phi) is 7.52. The molecule has 2 nitrogen and oxygen atoms in total. The second-order valence-corrected chi connectivity index (χ2v) is 2.65. The molecule has 0 aliphatic rings. The van der Waals surface area contributed by atoms with Crippen molar-refractivity contribution in [1.29, 1.82) is 0 Å². The van der Waals surface area contributed by atoms with Crippen molar-refractivity contribution in [3.63, 3.8) is 0 Å². The molecule has 0 saturated heterocycles. The SMILES string of the molecule is CC.CCC.c1cc2cc[nH]c2cn1. The predicted molar refractivity (Wildman–Crippen MR) is 63.4 cm³/mol. The van der Waals surface area contributed by atoms with E-state index < -0.39 is 0 Å². The molecule has 14 heavy (non-hydrogen) atoms. The van der Waals surface area contributed by atoms with E-state index in [1.807, 2.05) is 38.4 Å². The predicted octanol–water partition coefficient (Wildman–Crippen LogP) is 4.01. The fourth-order valence-electron chi connectivity index (χ4n) is 0.892. The minimum absolute atomic E-state index is 1.09. The van der Waals surface area contributed by atoms with Gasteiger partial charge in [-0.15, -0.1) is 0 Å². The number of nitrogens with one attached hydrogen (secondary N) is 1. The highest BCUT2D eigenvalue weighted by Crippen LogP contribution is 2.07. The highest BCUT2D eigenvalue weighted by molar-refractivity contribution is 5.77. The number of nitrogens with zero attached hydrogens (tertiary/aromatic N) is 1. The molecule has 0 saturated carbocycles. The number of aromatic amines is 1. The van der Waals surface area contributed by atoms with Crippen LogP contribution in [0.5, 0.6) is 0 Å². The van der Waals surface area contributed by atoms with Crippen LogP contribution in [0.2, 0.25) is 0 Å². The lowest BCUT2D eigenvalue weighted by Crippen LogP contribution is -1.68. The van der Waals surface area contributed by atoms with E-state index in [0.29, 0.717) is 0 Å². The van der Waals surface area contributed by atoms with Gasteiger partial charge in [0.2, 0.25) is 0 Å². The Morgan fingerprint density at radius 1 is 1.21 bits per heavy atom. The second-order valence-electron chi connectivity index (χ2n) is 2.65. The fraction of sp³-hybridized carbons (Fsp3) is 0.417. The smallest absolute Gasteiger partial charge is 0.0640 e. The first-order valence-electron chi connectivity index (χ1n) is 5.25. The van der Waals surface area contributed by atoms with E-state index in [2.05, 4.69) is 23.8 Å². The van der Waals surface area contributed by atoms with Crippen molar-refractivity contribution in [2.45, 2.75) is 34.1 Å². The monoisotopic (exact) mass is 192 g/mol. The first-order chi connectivity index (χ1) is 6.88. The van der Waals surface area contributed by atoms with Crippen LogP contribution >= 0.6 is 0 Å². The Labute approximate surface area is 86.4 Å². The zero-order valence-electron chi connectivity index (χ0n) is 9.54. The average Bonchev–Trinajstić information content (AvgIpc) is 2.69. The third kappa shape index (κ3) is 4.08. The molecule has 2 aromatic rings. The van der Waals surface area contributed by atoms with Crippen LogP contribution in [-0.2, 0) is 0 Å². The summed E-state index contributed by atoms with van der Waals surface area (Å²) < 4.78 is 0. The van der Waals surface area contributed by atoms with Crippen LogP contribution in [0.4, 0.5) is 0 Å². The lowest BCUT2D eigenvalue weighted by atomic mass is 10.3. The Morgan fingerprint density at radius 3 is 2.43 bits per heavy atom. The molecule has 0 aromatic carbocycles. The molecule has 0 aliphatic heterocycles. The van der Waals surface area contributed by atoms with E-state index >= 15 is 0 Å². The molecule has 0 radical (unpaired) electrons. The summed E-state index contributed by atoms with van der Waals surface area (Å²) in [5, 5.41) is 1.21. The number of hydrogen-bond donors (Lipinski definition) is 1. The highest BCUT2D eigenvalue weighted by atomic mass is 14.7. The molecule has 0 aliphatic carbocycles. The van der Waals surface area contributed by atoms with E-state index in [4.69, 9.17) is 0 Å². The number of H-pyrrole nitrogens is 1. The van der Waals surface area contributed by atoms with Gasteiger partial charge < -0.3 is 4.98 Å². The molecule has 0 amide bonds. The van der Waals surface area contributed by atoms with Gasteiger partial charge in [0, 0.05) is 17.8 Å². The number of pyridine rings is 1. The maximum Gasteiger partial charge on any atom is 0.0640 e. The highest BCUT2D eigenvalue weighted by Gasteiger charge is 1.87. The molecular weight excluding hydrogens is 172 g/mol. The zero-order valence-corrected chi connectivity index (χ0v) is 9.54. The van der Waals surface area contributed by atoms with Gasteiger partial charge in [-0.05, 0) is 12.1 Å². The van der Waals surface area contributed by atoms with Crippen LogP contribution in [0, 0.1) is 0 Å². The van der Waals surface area contributed by atoms with Crippen LogP contribution < -0.4 is 0 Å². The molecule has 0 bridgehead atoms. The van der Waals surface area contributed by atoms with E-state index in [0.717, 1.165) is 5.52 Å². The van der Waals surface area contributed by atoms with Gasteiger partial charge in [0.1, 0.15) is 0 Å². The van der Waals surface area contributed by atoms with Crippen LogP contribution in [0.3, 0.4) is 0 Å². The molecule has 78 valence electrons. The molecule has 2 heterocycles. The minimum atomic E-state index is 1.09. The summed E-state index contributed by atoms with van der Waals surface area (Å²) >= 11 is 0. The summed E-state index contributed by atoms with van der Waals surface area (Å²) in [6, 6.07) is 4.00. The summed E-state index contributed by atoms with van der Waals surface area (Å²) in [6.45, 7) is 8.25. The molecule has 0 spiro atoms. The molecular formula is C12H20N2. The first-order valence-corrected chi connectivity index (χ1v) is 5.25. The zero-order chi connectivity index (χ0) is 10.8. The third-order valence-electron chi connectivity index (χ3n) is 1.36. The van der Waals surface area contributed by atoms with Gasteiger partial charge >= 0.3 is 0 Å². The maximum absolute atomic E-state index is 3.95. The van der Waals surface area contributed by atoms with Crippen LogP contribution in [0.1, 0.15) is 34.1 Å². The number of aromatic nitrogens is 2. The Morgan fingerprint density at radius 2 is 1.86 bits per heavy atom. The minimum Gasteiger partial charge on any atom is -0.360 e. The van der Waals surface area contributed by atoms with Crippen molar-refractivity contribution in [3.8, 4) is 0 Å². The molecule has 1 N–H and O–H groups in total. The summed E-state index contributed by atoms with van der Waals surface area (Å²) in [5.41, 5.74) is 1.09. The Hall–Kier alpha value is -1.31. The largest absolute Gasteiger partial charge is 0.360 e. The van der Waals surface area contributed by atoms with Gasteiger partial charge in [0.15, 0.2) is 0 Å². The van der Waals surface area contributed by atoms with Crippen molar-refractivity contribution < 1.29 is 0 Å². The lowest BCUT2D eigenvalue weighted by Gasteiger charge is -1.82. The molecule has 2 rings (SSSR count). The maximum atomic E-state index is 3.95. The van der Waals surface area contributed by atoms with E-state index in [-0.39, 0.29) is 0 Å². The van der Waals surface area contributed by atoms with Crippen LogP contribution in [0.25, 0.3) is 10.9 Å². The standard InChI is InChI=1S/C7H6N2.C3H8.C2H6/c1-3-8-5-7-6(1)2-4-9-7;1-3-2;1-2/h1-5,9H;3H2,1-2H3;1-2H3. The number of hydrogen-bond acceptors (Lipinski definition) is 1. The normalized spacial score (nSPS) is 8.29. The molecule has 2 heteroatoms. The first kappa shape index (κ1) is 12.7. The lowest BCUT2D eigenvalue weighted by molar-refractivity contribution is 1.09. The van der Waals surface area contributed by atoms with Crippen molar-refractivity contribution in [2.24, 2.45) is 0 Å². The average molecular weight is 192 g/mol. The molecule has 2 aromatic heterocycles. The van der Waals surface area contributed by atoms with Gasteiger partial charge in [-0.3, -0.25) is 4.98 Å². The number of rotatable bonds is 0. The van der Waals surface area contributed by atoms with Gasteiger partial charge in [0.25, 0.3) is 0 Å². The van der Waals surface area contributed by atoms with Gasteiger partial charge in [-0.1, -0.05) is 34.1 Å². The molecule has 0 unspecified atom stereocenters. The van der Waals surface area contributed by atoms with Gasteiger partial charge in [-0.25, -0.2) is 0 Å². The summed E-state index contributed by atoms with van der Waals surface area (Å²) in [5.74, 6) is 0. The Balaban J connectivity index is 0.000000294. The van der Waals surface area contributed by atoms with Gasteiger partial charge in [-0.2, -0.15) is 0 Å². The summed E-state index contributed by atoms with van der Waals surface area (Å²) in [7, 11) is 0. The fourth-order valence-corrected chi connectivity index (χ4v) is 0.892. The Bertz CT molecular complexity index is 295. The van der Waals surface area contributed by atoms with E-state index in [1.54, 1.807) is 6.20 Å². The van der Waals surface area contributed by atoms with Gasteiger partial charge in [0.05, 0.1) is 11.7 Å². The third-order valence-corrected chi connectivity index (χ3v) is 1.36. The summed E-state index contributed by atoms with van der Waals surface area (Å²) in [6.07, 6.45) is 6.76. The molecule has 0 atom stereocenters. The van der Waals surface area contributed by atoms with Crippen LogP contribution in [0.15, 0.2) is 30.7 Å². The molecule has 0 fully saturated rings. The quantitative estimate of drug-likeness (QED) is 0.671. The number of fused-ring (bicyclic) bond motifs is 1. The topological polar surface area (TPSA) is 28.7 Å². The van der Waals surface area contributed by atoms with E-state index in [9.17, 15) is 0 Å². The van der Waals surface area contributed by atoms with Crippen molar-refractivity contribution in [1.82, 2.24) is 9.97 Å². The second kappa shape index (κ2) is 8.30. The van der Waals surface area contributed by atoms with Crippen molar-refractivity contribution in [2.75, 3.05) is 0 Å². The van der Waals surface area contributed by atoms with E-state index in [1.165, 1.54) is 11.8 Å². The summed E-state index contributed by atoms with van der Waals surface area (Å²) in [4.78, 5) is 7.01. The van der Waals surface area contributed by atoms with Crippen molar-refractivity contribution in [3.05, 3.63) is 30.7 Å². The van der Waals surface area contributed by atoms with Crippen LogP contribution in [-0.4, -0.2) is 9.97 Å².